The fraction of sp³-hybridized carbons (Fsp3) is 0.450. The van der Waals surface area contributed by atoms with Crippen LogP contribution in [0.25, 0.3) is 10.8 Å². The lowest BCUT2D eigenvalue weighted by Gasteiger charge is -2.26. The van der Waals surface area contributed by atoms with E-state index in [0.717, 1.165) is 23.6 Å². The highest BCUT2D eigenvalue weighted by Crippen LogP contribution is 2.21. The number of ether oxygens (including phenoxy) is 2. The number of amides is 1. The molecule has 0 spiro atoms. The fourth-order valence-electron chi connectivity index (χ4n) is 3.15. The topological polar surface area (TPSA) is 67.8 Å². The second-order valence-corrected chi connectivity index (χ2v) is 6.45. The van der Waals surface area contributed by atoms with Gasteiger partial charge in [0.2, 0.25) is 0 Å². The standard InChI is InChI=1S/C20H25NO4/c22-19(16-8-11-24-12-9-16)7-10-21-20(23)14-25-18-6-5-15-3-1-2-4-17(15)13-18/h1-6,13,16,19,22H,7-12,14H2,(H,21,23). The number of aliphatic hydroxyl groups excluding tert-OH is 1. The number of hydrogen-bond acceptors (Lipinski definition) is 4. The third-order valence-electron chi connectivity index (χ3n) is 4.66. The first kappa shape index (κ1) is 17.7. The molecule has 2 aromatic carbocycles. The zero-order chi connectivity index (χ0) is 17.5. The molecule has 2 N–H and O–H groups in total. The van der Waals surface area contributed by atoms with Crippen molar-refractivity contribution in [3.63, 3.8) is 0 Å². The molecule has 1 aliphatic heterocycles. The summed E-state index contributed by atoms with van der Waals surface area (Å²) in [6.07, 6.45) is 1.96. The van der Waals surface area contributed by atoms with Gasteiger partial charge in [0, 0.05) is 19.8 Å². The molecule has 134 valence electrons. The highest BCUT2D eigenvalue weighted by atomic mass is 16.5. The average molecular weight is 343 g/mol. The van der Waals surface area contributed by atoms with Crippen LogP contribution in [0, 0.1) is 5.92 Å². The zero-order valence-corrected chi connectivity index (χ0v) is 14.3. The maximum Gasteiger partial charge on any atom is 0.257 e. The van der Waals surface area contributed by atoms with Gasteiger partial charge in [-0.15, -0.1) is 0 Å². The van der Waals surface area contributed by atoms with Crippen LogP contribution in [0.3, 0.4) is 0 Å². The normalized spacial score (nSPS) is 16.5. The minimum Gasteiger partial charge on any atom is -0.484 e. The van der Waals surface area contributed by atoms with Crippen LogP contribution in [-0.2, 0) is 9.53 Å². The van der Waals surface area contributed by atoms with Gasteiger partial charge in [0.15, 0.2) is 6.61 Å². The second kappa shape index (κ2) is 8.83. The van der Waals surface area contributed by atoms with Crippen molar-refractivity contribution >= 4 is 16.7 Å². The molecule has 0 aromatic heterocycles. The van der Waals surface area contributed by atoms with Crippen LogP contribution in [0.15, 0.2) is 42.5 Å². The fourth-order valence-corrected chi connectivity index (χ4v) is 3.15. The van der Waals surface area contributed by atoms with Crippen molar-refractivity contribution in [3.05, 3.63) is 42.5 Å². The van der Waals surface area contributed by atoms with E-state index in [9.17, 15) is 9.90 Å². The Bertz CT molecular complexity index is 697. The molecule has 1 saturated heterocycles. The van der Waals surface area contributed by atoms with Crippen LogP contribution >= 0.6 is 0 Å². The van der Waals surface area contributed by atoms with Crippen molar-refractivity contribution in [3.8, 4) is 5.75 Å². The Kier molecular flexibility index (Phi) is 6.25. The molecule has 5 nitrogen and oxygen atoms in total. The average Bonchev–Trinajstić information content (AvgIpc) is 2.67. The molecule has 5 heteroatoms. The lowest BCUT2D eigenvalue weighted by Crippen LogP contribution is -2.34. The molecule has 2 aromatic rings. The van der Waals surface area contributed by atoms with Crippen molar-refractivity contribution < 1.29 is 19.4 Å². The van der Waals surface area contributed by atoms with Crippen molar-refractivity contribution in [2.24, 2.45) is 5.92 Å². The van der Waals surface area contributed by atoms with Gasteiger partial charge in [-0.05, 0) is 48.1 Å². The third kappa shape index (κ3) is 5.18. The van der Waals surface area contributed by atoms with Crippen LogP contribution in [0.1, 0.15) is 19.3 Å². The van der Waals surface area contributed by atoms with Crippen LogP contribution in [0.5, 0.6) is 5.75 Å². The van der Waals surface area contributed by atoms with Gasteiger partial charge in [0.1, 0.15) is 5.75 Å². The van der Waals surface area contributed by atoms with E-state index in [1.54, 1.807) is 0 Å². The van der Waals surface area contributed by atoms with Crippen LogP contribution in [0.4, 0.5) is 0 Å². The van der Waals surface area contributed by atoms with E-state index in [1.807, 2.05) is 42.5 Å². The molecule has 3 rings (SSSR count). The maximum atomic E-state index is 11.9. The predicted octanol–water partition coefficient (Wildman–Crippen LogP) is 2.51. The zero-order valence-electron chi connectivity index (χ0n) is 14.3. The molecular formula is C20H25NO4. The lowest BCUT2D eigenvalue weighted by molar-refractivity contribution is -0.123. The first-order chi connectivity index (χ1) is 12.2. The molecule has 0 bridgehead atoms. The van der Waals surface area contributed by atoms with E-state index in [2.05, 4.69) is 5.32 Å². The summed E-state index contributed by atoms with van der Waals surface area (Å²) in [5.74, 6) is 0.780. The molecule has 1 fully saturated rings. The number of aliphatic hydroxyl groups is 1. The molecule has 1 amide bonds. The van der Waals surface area contributed by atoms with Gasteiger partial charge >= 0.3 is 0 Å². The number of fused-ring (bicyclic) bond motifs is 1. The van der Waals surface area contributed by atoms with E-state index in [1.165, 1.54) is 0 Å². The largest absolute Gasteiger partial charge is 0.484 e. The van der Waals surface area contributed by atoms with Crippen LogP contribution in [0.2, 0.25) is 0 Å². The number of carbonyl (C=O) groups excluding carboxylic acids is 1. The molecular weight excluding hydrogens is 318 g/mol. The van der Waals surface area contributed by atoms with Gasteiger partial charge in [-0.3, -0.25) is 4.79 Å². The van der Waals surface area contributed by atoms with Crippen molar-refractivity contribution in [1.29, 1.82) is 0 Å². The summed E-state index contributed by atoms with van der Waals surface area (Å²) in [7, 11) is 0. The smallest absolute Gasteiger partial charge is 0.257 e. The van der Waals surface area contributed by atoms with Crippen molar-refractivity contribution in [1.82, 2.24) is 5.32 Å². The minimum atomic E-state index is -0.384. The Morgan fingerprint density at radius 1 is 1.20 bits per heavy atom. The van der Waals surface area contributed by atoms with E-state index >= 15 is 0 Å². The Balaban J connectivity index is 1.38. The first-order valence-corrected chi connectivity index (χ1v) is 8.86. The molecule has 0 aliphatic carbocycles. The minimum absolute atomic E-state index is 0.0221. The van der Waals surface area contributed by atoms with E-state index in [0.29, 0.717) is 31.9 Å². The summed E-state index contributed by atoms with van der Waals surface area (Å²) in [4.78, 5) is 11.9. The lowest BCUT2D eigenvalue weighted by atomic mass is 9.92. The van der Waals surface area contributed by atoms with Crippen LogP contribution in [-0.4, -0.2) is 43.5 Å². The monoisotopic (exact) mass is 343 g/mol. The summed E-state index contributed by atoms with van der Waals surface area (Å²) < 4.78 is 10.9. The van der Waals surface area contributed by atoms with Crippen molar-refractivity contribution in [2.75, 3.05) is 26.4 Å². The van der Waals surface area contributed by atoms with E-state index in [4.69, 9.17) is 9.47 Å². The Morgan fingerprint density at radius 2 is 1.96 bits per heavy atom. The summed E-state index contributed by atoms with van der Waals surface area (Å²) in [6, 6.07) is 13.8. The number of nitrogens with one attached hydrogen (secondary N) is 1. The first-order valence-electron chi connectivity index (χ1n) is 8.86. The van der Waals surface area contributed by atoms with Gasteiger partial charge in [-0.2, -0.15) is 0 Å². The highest BCUT2D eigenvalue weighted by Gasteiger charge is 2.21. The van der Waals surface area contributed by atoms with E-state index in [-0.39, 0.29) is 24.5 Å². The van der Waals surface area contributed by atoms with Gasteiger partial charge in [0.25, 0.3) is 5.91 Å². The predicted molar refractivity (Wildman–Crippen MR) is 96.6 cm³/mol. The van der Waals surface area contributed by atoms with Crippen LogP contribution < -0.4 is 10.1 Å². The molecule has 25 heavy (non-hydrogen) atoms. The van der Waals surface area contributed by atoms with Gasteiger partial charge in [-0.25, -0.2) is 0 Å². The number of benzene rings is 2. The van der Waals surface area contributed by atoms with Gasteiger partial charge < -0.3 is 19.9 Å². The molecule has 0 saturated carbocycles. The maximum absolute atomic E-state index is 11.9. The highest BCUT2D eigenvalue weighted by molar-refractivity contribution is 5.84. The SMILES string of the molecule is O=C(COc1ccc2ccccc2c1)NCCC(O)C1CCOCC1. The Morgan fingerprint density at radius 3 is 2.76 bits per heavy atom. The number of rotatable bonds is 7. The second-order valence-electron chi connectivity index (χ2n) is 6.45. The van der Waals surface area contributed by atoms with E-state index < -0.39 is 0 Å². The Hall–Kier alpha value is -2.11. The summed E-state index contributed by atoms with van der Waals surface area (Å²) in [5, 5.41) is 15.2. The molecule has 0 radical (unpaired) electrons. The summed E-state index contributed by atoms with van der Waals surface area (Å²) >= 11 is 0. The summed E-state index contributed by atoms with van der Waals surface area (Å²) in [5.41, 5.74) is 0. The van der Waals surface area contributed by atoms with Gasteiger partial charge in [-0.1, -0.05) is 30.3 Å². The van der Waals surface area contributed by atoms with Crippen molar-refractivity contribution in [2.45, 2.75) is 25.4 Å². The molecule has 1 aliphatic rings. The Labute approximate surface area is 147 Å². The number of carbonyl (C=O) groups is 1. The van der Waals surface area contributed by atoms with Gasteiger partial charge in [0.05, 0.1) is 6.10 Å². The summed E-state index contributed by atoms with van der Waals surface area (Å²) in [6.45, 7) is 1.87. The number of hydrogen-bond donors (Lipinski definition) is 2. The molecule has 1 heterocycles. The quantitative estimate of drug-likeness (QED) is 0.811. The third-order valence-corrected chi connectivity index (χ3v) is 4.66. The molecule has 1 unspecified atom stereocenters. The molecule has 1 atom stereocenters.